The molecule has 0 spiro atoms. The van der Waals surface area contributed by atoms with E-state index in [-0.39, 0.29) is 29.3 Å². The lowest BCUT2D eigenvalue weighted by atomic mass is 9.91. The summed E-state index contributed by atoms with van der Waals surface area (Å²) in [4.78, 5) is 6.64. The lowest BCUT2D eigenvalue weighted by Gasteiger charge is -2.32. The van der Waals surface area contributed by atoms with Gasteiger partial charge in [-0.1, -0.05) is 23.2 Å². The van der Waals surface area contributed by atoms with Crippen LogP contribution in [0.25, 0.3) is 11.1 Å². The van der Waals surface area contributed by atoms with Gasteiger partial charge in [0.15, 0.2) is 0 Å². The van der Waals surface area contributed by atoms with E-state index in [9.17, 15) is 13.2 Å². The number of hydrogen-bond acceptors (Lipinski definition) is 5. The third-order valence-electron chi connectivity index (χ3n) is 5.57. The first-order valence-corrected chi connectivity index (χ1v) is 10.1. The highest BCUT2D eigenvalue weighted by Gasteiger charge is 2.36. The number of alkyl halides is 3. The zero-order valence-electron chi connectivity index (χ0n) is 17.1. The van der Waals surface area contributed by atoms with Crippen molar-refractivity contribution in [2.75, 3.05) is 19.7 Å². The second-order valence-electron chi connectivity index (χ2n) is 7.73. The fourth-order valence-corrected chi connectivity index (χ4v) is 4.05. The van der Waals surface area contributed by atoms with Crippen molar-refractivity contribution in [3.8, 4) is 18.1 Å². The van der Waals surface area contributed by atoms with Crippen LogP contribution in [0.3, 0.4) is 0 Å². The number of aromatic nitrogens is 2. The van der Waals surface area contributed by atoms with E-state index in [1.807, 2.05) is 24.3 Å². The minimum absolute atomic E-state index is 0.0476. The monoisotopic (exact) mass is 429 g/mol. The standard InChI is InChI=1S/C23H22F3N3O2/c1-3-11-30-18-6-4-5-16(12-18)14-29-9-7-17(8-10-29)20-13-19(23(24,25)26)21-15(2)28-31-22(21)27-20/h1,4-6,12-13,17H,7-11,14H2,2H3. The summed E-state index contributed by atoms with van der Waals surface area (Å²) >= 11 is 0. The van der Waals surface area contributed by atoms with Gasteiger partial charge in [0.2, 0.25) is 0 Å². The van der Waals surface area contributed by atoms with E-state index in [0.717, 1.165) is 43.8 Å². The van der Waals surface area contributed by atoms with Gasteiger partial charge in [0.25, 0.3) is 5.71 Å². The number of aryl methyl sites for hydroxylation is 1. The van der Waals surface area contributed by atoms with E-state index in [4.69, 9.17) is 15.7 Å². The first kappa shape index (κ1) is 21.2. The van der Waals surface area contributed by atoms with E-state index in [1.54, 1.807) is 0 Å². The highest BCUT2D eigenvalue weighted by atomic mass is 19.4. The normalized spacial score (nSPS) is 15.8. The van der Waals surface area contributed by atoms with Gasteiger partial charge in [-0.05, 0) is 56.6 Å². The third kappa shape index (κ3) is 4.67. The molecule has 4 rings (SSSR count). The van der Waals surface area contributed by atoms with Gasteiger partial charge in [-0.25, -0.2) is 4.98 Å². The minimum Gasteiger partial charge on any atom is -0.481 e. The number of likely N-dealkylation sites (tertiary alicyclic amines) is 1. The Morgan fingerprint density at radius 2 is 2.03 bits per heavy atom. The van der Waals surface area contributed by atoms with Crippen molar-refractivity contribution in [3.05, 3.63) is 52.8 Å². The molecule has 3 aromatic rings. The zero-order valence-corrected chi connectivity index (χ0v) is 17.1. The molecule has 8 heteroatoms. The molecule has 0 N–H and O–H groups in total. The molecule has 1 aliphatic rings. The SMILES string of the molecule is C#CCOc1cccc(CN2CCC(c3cc(C(F)(F)F)c4c(C)noc4n3)CC2)c1. The van der Waals surface area contributed by atoms with Crippen LogP contribution < -0.4 is 4.74 Å². The Kier molecular flexibility index (Phi) is 5.88. The Morgan fingerprint density at radius 3 is 2.74 bits per heavy atom. The highest BCUT2D eigenvalue weighted by molar-refractivity contribution is 5.80. The largest absolute Gasteiger partial charge is 0.481 e. The Bertz CT molecular complexity index is 1110. The van der Waals surface area contributed by atoms with Crippen LogP contribution in [-0.4, -0.2) is 34.7 Å². The first-order chi connectivity index (χ1) is 14.8. The smallest absolute Gasteiger partial charge is 0.417 e. The van der Waals surface area contributed by atoms with E-state index in [2.05, 4.69) is 21.0 Å². The summed E-state index contributed by atoms with van der Waals surface area (Å²) in [5.41, 5.74) is 0.944. The molecule has 0 saturated carbocycles. The van der Waals surface area contributed by atoms with E-state index in [1.165, 1.54) is 13.0 Å². The highest BCUT2D eigenvalue weighted by Crippen LogP contribution is 2.39. The number of pyridine rings is 1. The molecule has 1 saturated heterocycles. The van der Waals surface area contributed by atoms with Crippen LogP contribution in [0.15, 0.2) is 34.9 Å². The van der Waals surface area contributed by atoms with E-state index >= 15 is 0 Å². The Morgan fingerprint density at radius 1 is 1.26 bits per heavy atom. The van der Waals surface area contributed by atoms with Crippen molar-refractivity contribution >= 4 is 11.1 Å². The maximum atomic E-state index is 13.6. The fraction of sp³-hybridized carbons (Fsp3) is 0.391. The number of ether oxygens (including phenoxy) is 1. The van der Waals surface area contributed by atoms with Gasteiger partial charge >= 0.3 is 6.18 Å². The summed E-state index contributed by atoms with van der Waals surface area (Å²) in [5, 5.41) is 3.62. The van der Waals surface area contributed by atoms with Crippen LogP contribution in [0.4, 0.5) is 13.2 Å². The topological polar surface area (TPSA) is 51.4 Å². The Balaban J connectivity index is 1.46. The number of piperidine rings is 1. The van der Waals surface area contributed by atoms with Crippen LogP contribution in [0.2, 0.25) is 0 Å². The molecule has 1 aliphatic heterocycles. The quantitative estimate of drug-likeness (QED) is 0.538. The van der Waals surface area contributed by atoms with Crippen LogP contribution in [0, 0.1) is 19.3 Å². The lowest BCUT2D eigenvalue weighted by molar-refractivity contribution is -0.136. The summed E-state index contributed by atoms with van der Waals surface area (Å²) in [6.07, 6.45) is 2.18. The van der Waals surface area contributed by atoms with E-state index < -0.39 is 11.7 Å². The van der Waals surface area contributed by atoms with Crippen LogP contribution in [-0.2, 0) is 12.7 Å². The number of hydrogen-bond donors (Lipinski definition) is 0. The summed E-state index contributed by atoms with van der Waals surface area (Å²) in [6.45, 7) is 3.97. The van der Waals surface area contributed by atoms with Crippen molar-refractivity contribution in [1.82, 2.24) is 15.0 Å². The molecule has 0 atom stereocenters. The average molecular weight is 429 g/mol. The molecule has 2 aromatic heterocycles. The molecule has 162 valence electrons. The van der Waals surface area contributed by atoms with Crippen LogP contribution in [0.1, 0.15) is 41.3 Å². The van der Waals surface area contributed by atoms with Crippen molar-refractivity contribution in [3.63, 3.8) is 0 Å². The summed E-state index contributed by atoms with van der Waals surface area (Å²) in [7, 11) is 0. The summed E-state index contributed by atoms with van der Waals surface area (Å²) in [5.74, 6) is 3.11. The molecule has 1 aromatic carbocycles. The number of rotatable bonds is 5. The van der Waals surface area contributed by atoms with Gasteiger partial charge < -0.3 is 9.26 Å². The van der Waals surface area contributed by atoms with Gasteiger partial charge in [-0.2, -0.15) is 13.2 Å². The van der Waals surface area contributed by atoms with Gasteiger partial charge in [-0.3, -0.25) is 4.90 Å². The Labute approximate surface area is 178 Å². The van der Waals surface area contributed by atoms with Crippen molar-refractivity contribution in [1.29, 1.82) is 0 Å². The van der Waals surface area contributed by atoms with Crippen LogP contribution in [0.5, 0.6) is 5.75 Å². The van der Waals surface area contributed by atoms with Crippen molar-refractivity contribution in [2.45, 2.75) is 38.4 Å². The predicted molar refractivity (Wildman–Crippen MR) is 110 cm³/mol. The predicted octanol–water partition coefficient (Wildman–Crippen LogP) is 4.94. The van der Waals surface area contributed by atoms with Gasteiger partial charge in [0, 0.05) is 18.2 Å². The Hall–Kier alpha value is -3.05. The molecule has 0 radical (unpaired) electrons. The number of benzene rings is 1. The zero-order chi connectivity index (χ0) is 22.0. The second kappa shape index (κ2) is 8.60. The molecule has 0 unspecified atom stereocenters. The number of terminal acetylenes is 1. The van der Waals surface area contributed by atoms with Crippen molar-refractivity contribution < 1.29 is 22.4 Å². The molecule has 3 heterocycles. The van der Waals surface area contributed by atoms with Crippen LogP contribution >= 0.6 is 0 Å². The molecule has 0 bridgehead atoms. The minimum atomic E-state index is -4.49. The molecule has 0 aliphatic carbocycles. The molecular weight excluding hydrogens is 407 g/mol. The molecule has 1 fully saturated rings. The lowest BCUT2D eigenvalue weighted by Crippen LogP contribution is -2.32. The second-order valence-corrected chi connectivity index (χ2v) is 7.73. The number of fused-ring (bicyclic) bond motifs is 1. The van der Waals surface area contributed by atoms with Crippen molar-refractivity contribution in [2.24, 2.45) is 0 Å². The number of nitrogens with zero attached hydrogens (tertiary/aromatic N) is 3. The van der Waals surface area contributed by atoms with Gasteiger partial charge in [-0.15, -0.1) is 6.42 Å². The average Bonchev–Trinajstić information content (AvgIpc) is 3.12. The van der Waals surface area contributed by atoms with Gasteiger partial charge in [0.05, 0.1) is 16.6 Å². The molecule has 0 amide bonds. The third-order valence-corrected chi connectivity index (χ3v) is 5.57. The molecule has 5 nitrogen and oxygen atoms in total. The summed E-state index contributed by atoms with van der Waals surface area (Å²) < 4.78 is 51.4. The molecule has 31 heavy (non-hydrogen) atoms. The maximum Gasteiger partial charge on any atom is 0.417 e. The first-order valence-electron chi connectivity index (χ1n) is 10.1. The summed E-state index contributed by atoms with van der Waals surface area (Å²) in [6, 6.07) is 8.93. The maximum absolute atomic E-state index is 13.6. The number of halogens is 3. The fourth-order valence-electron chi connectivity index (χ4n) is 4.05. The van der Waals surface area contributed by atoms with E-state index in [0.29, 0.717) is 5.69 Å². The van der Waals surface area contributed by atoms with Gasteiger partial charge in [0.1, 0.15) is 12.4 Å². The molecular formula is C23H22F3N3O2.